The first-order chi connectivity index (χ1) is 6.77. The van der Waals surface area contributed by atoms with Crippen LogP contribution in [0.3, 0.4) is 0 Å². The first-order valence-electron chi connectivity index (χ1n) is 4.71. The Morgan fingerprint density at radius 1 is 1.71 bits per heavy atom. The molecule has 14 heavy (non-hydrogen) atoms. The Kier molecular flexibility index (Phi) is 2.89. The van der Waals surface area contributed by atoms with Crippen LogP contribution >= 0.6 is 11.6 Å². The van der Waals surface area contributed by atoms with Crippen LogP contribution in [0.4, 0.5) is 0 Å². The van der Waals surface area contributed by atoms with E-state index in [0.717, 1.165) is 6.54 Å². The minimum absolute atomic E-state index is 0.439. The van der Waals surface area contributed by atoms with Crippen LogP contribution in [0.2, 0.25) is 5.15 Å². The van der Waals surface area contributed by atoms with Crippen molar-refractivity contribution in [1.82, 2.24) is 9.88 Å². The van der Waals surface area contributed by atoms with E-state index in [1.54, 1.807) is 6.20 Å². The molecule has 0 amide bonds. The monoisotopic (exact) mass is 212 g/mol. The summed E-state index contributed by atoms with van der Waals surface area (Å²) in [6, 6.07) is 4.20. The molecule has 0 saturated carbocycles. The van der Waals surface area contributed by atoms with E-state index in [1.807, 2.05) is 12.1 Å². The van der Waals surface area contributed by atoms with E-state index in [1.165, 1.54) is 6.42 Å². The third-order valence-electron chi connectivity index (χ3n) is 2.59. The van der Waals surface area contributed by atoms with Gasteiger partial charge in [0.05, 0.1) is 0 Å². The van der Waals surface area contributed by atoms with E-state index in [2.05, 4.69) is 16.9 Å². The molecule has 1 aliphatic heterocycles. The average molecular weight is 213 g/mol. The van der Waals surface area contributed by atoms with Crippen LogP contribution in [0.15, 0.2) is 18.3 Å². The highest BCUT2D eigenvalue weighted by Crippen LogP contribution is 2.22. The van der Waals surface area contributed by atoms with Gasteiger partial charge in [0.15, 0.2) is 10.9 Å². The van der Waals surface area contributed by atoms with Gasteiger partial charge in [-0.25, -0.2) is 4.98 Å². The molecular weight excluding hydrogens is 200 g/mol. The molecule has 2 rings (SSSR count). The van der Waals surface area contributed by atoms with Crippen molar-refractivity contribution in [3.8, 4) is 5.75 Å². The fourth-order valence-corrected chi connectivity index (χ4v) is 1.62. The minimum atomic E-state index is 0.439. The van der Waals surface area contributed by atoms with Crippen molar-refractivity contribution < 1.29 is 4.74 Å². The first-order valence-corrected chi connectivity index (χ1v) is 5.09. The lowest BCUT2D eigenvalue weighted by molar-refractivity contribution is 0.0768. The molecule has 0 radical (unpaired) electrons. The van der Waals surface area contributed by atoms with Crippen LogP contribution in [0.1, 0.15) is 6.42 Å². The zero-order chi connectivity index (χ0) is 9.97. The Morgan fingerprint density at radius 3 is 3.14 bits per heavy atom. The molecule has 1 aliphatic rings. The Labute approximate surface area is 88.6 Å². The molecule has 1 aromatic heterocycles. The van der Waals surface area contributed by atoms with Crippen molar-refractivity contribution in [2.24, 2.45) is 0 Å². The lowest BCUT2D eigenvalue weighted by Gasteiger charge is -2.37. The third kappa shape index (κ3) is 1.99. The number of hydrogen-bond acceptors (Lipinski definition) is 3. The van der Waals surface area contributed by atoms with E-state index < -0.39 is 0 Å². The second kappa shape index (κ2) is 4.15. The topological polar surface area (TPSA) is 25.4 Å². The summed E-state index contributed by atoms with van der Waals surface area (Å²) in [7, 11) is 2.10. The van der Waals surface area contributed by atoms with Crippen molar-refractivity contribution >= 4 is 11.6 Å². The van der Waals surface area contributed by atoms with E-state index >= 15 is 0 Å². The Bertz CT molecular complexity index is 319. The molecule has 3 nitrogen and oxygen atoms in total. The lowest BCUT2D eigenvalue weighted by Crippen LogP contribution is -2.48. The first kappa shape index (κ1) is 9.74. The highest BCUT2D eigenvalue weighted by molar-refractivity contribution is 6.30. The third-order valence-corrected chi connectivity index (χ3v) is 2.88. The summed E-state index contributed by atoms with van der Waals surface area (Å²) in [6.45, 7) is 1.86. The van der Waals surface area contributed by atoms with Crippen LogP contribution in [0.5, 0.6) is 5.75 Å². The number of halogens is 1. The van der Waals surface area contributed by atoms with Gasteiger partial charge in [-0.1, -0.05) is 11.6 Å². The lowest BCUT2D eigenvalue weighted by atomic mass is 10.1. The van der Waals surface area contributed by atoms with E-state index in [4.69, 9.17) is 16.3 Å². The molecule has 1 atom stereocenters. The Balaban J connectivity index is 1.88. The van der Waals surface area contributed by atoms with Gasteiger partial charge in [-0.15, -0.1) is 0 Å². The van der Waals surface area contributed by atoms with Gasteiger partial charge in [0, 0.05) is 12.2 Å². The Morgan fingerprint density at radius 2 is 2.57 bits per heavy atom. The second-order valence-electron chi connectivity index (χ2n) is 3.53. The number of hydrogen-bond donors (Lipinski definition) is 0. The number of pyridine rings is 1. The fraction of sp³-hybridized carbons (Fsp3) is 0.500. The van der Waals surface area contributed by atoms with Crippen LogP contribution in [0.25, 0.3) is 0 Å². The van der Waals surface area contributed by atoms with Gasteiger partial charge in [0.2, 0.25) is 0 Å². The maximum absolute atomic E-state index is 5.86. The molecule has 0 aromatic carbocycles. The summed E-state index contributed by atoms with van der Waals surface area (Å²) in [5.41, 5.74) is 0. The quantitative estimate of drug-likeness (QED) is 0.715. The smallest absolute Gasteiger partial charge is 0.171 e. The van der Waals surface area contributed by atoms with Crippen LogP contribution in [-0.4, -0.2) is 36.1 Å². The number of likely N-dealkylation sites (tertiary alicyclic amines) is 1. The van der Waals surface area contributed by atoms with Gasteiger partial charge >= 0.3 is 0 Å². The summed E-state index contributed by atoms with van der Waals surface area (Å²) >= 11 is 5.86. The summed E-state index contributed by atoms with van der Waals surface area (Å²) in [5.74, 6) is 0.675. The molecule has 1 aromatic rings. The molecule has 4 heteroatoms. The van der Waals surface area contributed by atoms with Crippen molar-refractivity contribution in [3.05, 3.63) is 23.5 Å². The largest absolute Gasteiger partial charge is 0.489 e. The summed E-state index contributed by atoms with van der Waals surface area (Å²) in [6.07, 6.45) is 2.86. The maximum Gasteiger partial charge on any atom is 0.171 e. The van der Waals surface area contributed by atoms with Gasteiger partial charge in [0.25, 0.3) is 0 Å². The molecule has 76 valence electrons. The number of aromatic nitrogens is 1. The van der Waals surface area contributed by atoms with E-state index in [0.29, 0.717) is 23.6 Å². The molecule has 0 bridgehead atoms. The average Bonchev–Trinajstić information content (AvgIpc) is 2.19. The minimum Gasteiger partial charge on any atom is -0.489 e. The molecular formula is C10H13ClN2O. The molecule has 1 fully saturated rings. The second-order valence-corrected chi connectivity index (χ2v) is 3.88. The molecule has 2 heterocycles. The SMILES string of the molecule is CN1CC[C@@H]1COc1cccnc1Cl. The summed E-state index contributed by atoms with van der Waals surface area (Å²) < 4.78 is 5.58. The molecule has 0 unspecified atom stereocenters. The predicted octanol–water partition coefficient (Wildman–Crippen LogP) is 1.82. The Hall–Kier alpha value is -0.800. The van der Waals surface area contributed by atoms with Gasteiger partial charge in [0.1, 0.15) is 6.61 Å². The van der Waals surface area contributed by atoms with Crippen molar-refractivity contribution in [2.75, 3.05) is 20.2 Å². The van der Waals surface area contributed by atoms with Gasteiger partial charge in [-0.05, 0) is 32.1 Å². The van der Waals surface area contributed by atoms with Gasteiger partial charge < -0.3 is 4.74 Å². The highest BCUT2D eigenvalue weighted by Gasteiger charge is 2.24. The van der Waals surface area contributed by atoms with Crippen molar-refractivity contribution in [1.29, 1.82) is 0 Å². The van der Waals surface area contributed by atoms with Crippen molar-refractivity contribution in [2.45, 2.75) is 12.5 Å². The predicted molar refractivity (Wildman–Crippen MR) is 55.8 cm³/mol. The zero-order valence-corrected chi connectivity index (χ0v) is 8.87. The molecule has 0 spiro atoms. The summed E-state index contributed by atoms with van der Waals surface area (Å²) in [4.78, 5) is 6.21. The number of ether oxygens (including phenoxy) is 1. The van der Waals surface area contributed by atoms with Crippen LogP contribution in [0, 0.1) is 0 Å². The van der Waals surface area contributed by atoms with Crippen LogP contribution in [-0.2, 0) is 0 Å². The van der Waals surface area contributed by atoms with Crippen molar-refractivity contribution in [3.63, 3.8) is 0 Å². The molecule has 0 N–H and O–H groups in total. The zero-order valence-electron chi connectivity index (χ0n) is 8.11. The number of rotatable bonds is 3. The number of likely N-dealkylation sites (N-methyl/N-ethyl adjacent to an activating group) is 1. The molecule has 0 aliphatic carbocycles. The maximum atomic E-state index is 5.86. The van der Waals surface area contributed by atoms with E-state index in [-0.39, 0.29) is 0 Å². The van der Waals surface area contributed by atoms with E-state index in [9.17, 15) is 0 Å². The summed E-state index contributed by atoms with van der Waals surface area (Å²) in [5, 5.41) is 0.439. The normalized spacial score (nSPS) is 21.7. The standard InChI is InChI=1S/C10H13ClN2O/c1-13-6-4-8(13)7-14-9-3-2-5-12-10(9)11/h2-3,5,8H,4,6-7H2,1H3/t8-/m1/s1. The fourth-order valence-electron chi connectivity index (χ4n) is 1.45. The van der Waals surface area contributed by atoms with Gasteiger partial charge in [-0.3, -0.25) is 4.90 Å². The van der Waals surface area contributed by atoms with Gasteiger partial charge in [-0.2, -0.15) is 0 Å². The molecule has 1 saturated heterocycles. The van der Waals surface area contributed by atoms with Crippen LogP contribution < -0.4 is 4.74 Å². The number of nitrogens with zero attached hydrogens (tertiary/aromatic N) is 2. The highest BCUT2D eigenvalue weighted by atomic mass is 35.5.